The smallest absolute Gasteiger partial charge is 0.238 e. The Morgan fingerprint density at radius 2 is 2.04 bits per heavy atom. The van der Waals surface area contributed by atoms with E-state index >= 15 is 0 Å². The Morgan fingerprint density at radius 3 is 2.72 bits per heavy atom. The van der Waals surface area contributed by atoms with E-state index in [1.807, 2.05) is 25.1 Å². The molecule has 0 aromatic heterocycles. The van der Waals surface area contributed by atoms with Crippen LogP contribution in [0, 0.1) is 6.92 Å². The van der Waals surface area contributed by atoms with Crippen LogP contribution in [0.1, 0.15) is 18.4 Å². The van der Waals surface area contributed by atoms with Gasteiger partial charge in [0.05, 0.1) is 25.4 Å². The minimum Gasteiger partial charge on any atom is -0.495 e. The Kier molecular flexibility index (Phi) is 6.29. The molecule has 0 radical (unpaired) electrons. The van der Waals surface area contributed by atoms with E-state index in [0.717, 1.165) is 50.6 Å². The molecule has 2 saturated heterocycles. The largest absolute Gasteiger partial charge is 0.495 e. The molecule has 25 heavy (non-hydrogen) atoms. The van der Waals surface area contributed by atoms with Crippen LogP contribution in [0.3, 0.4) is 0 Å². The van der Waals surface area contributed by atoms with Crippen molar-refractivity contribution >= 4 is 11.6 Å². The van der Waals surface area contributed by atoms with E-state index in [0.29, 0.717) is 18.4 Å². The highest BCUT2D eigenvalue weighted by atomic mass is 16.5. The molecule has 138 valence electrons. The molecule has 1 aromatic carbocycles. The summed E-state index contributed by atoms with van der Waals surface area (Å²) in [6.45, 7) is 8.21. The number of methoxy groups -OCH3 is 1. The fourth-order valence-electron chi connectivity index (χ4n) is 3.52. The first-order valence-corrected chi connectivity index (χ1v) is 9.15. The van der Waals surface area contributed by atoms with Gasteiger partial charge in [-0.2, -0.15) is 0 Å². The van der Waals surface area contributed by atoms with E-state index in [1.54, 1.807) is 7.11 Å². The number of benzene rings is 1. The quantitative estimate of drug-likeness (QED) is 0.849. The molecule has 6 heteroatoms. The summed E-state index contributed by atoms with van der Waals surface area (Å²) in [5.41, 5.74) is 1.84. The number of anilines is 1. The number of hydrogen-bond donors (Lipinski definition) is 1. The third kappa shape index (κ3) is 5.17. The van der Waals surface area contributed by atoms with Gasteiger partial charge < -0.3 is 14.8 Å². The van der Waals surface area contributed by atoms with Crippen LogP contribution < -0.4 is 10.1 Å². The van der Waals surface area contributed by atoms with E-state index in [4.69, 9.17) is 9.47 Å². The van der Waals surface area contributed by atoms with Crippen molar-refractivity contribution in [3.05, 3.63) is 23.8 Å². The van der Waals surface area contributed by atoms with Gasteiger partial charge >= 0.3 is 0 Å². The van der Waals surface area contributed by atoms with Gasteiger partial charge in [-0.1, -0.05) is 6.07 Å². The van der Waals surface area contributed by atoms with Crippen LogP contribution in [0.5, 0.6) is 5.75 Å². The molecule has 1 N–H and O–H groups in total. The lowest BCUT2D eigenvalue weighted by Gasteiger charge is -2.35. The Morgan fingerprint density at radius 1 is 1.28 bits per heavy atom. The normalized spacial score (nSPS) is 22.1. The highest BCUT2D eigenvalue weighted by molar-refractivity contribution is 5.93. The maximum Gasteiger partial charge on any atom is 0.238 e. The first-order chi connectivity index (χ1) is 12.1. The van der Waals surface area contributed by atoms with Crippen LogP contribution in [0.2, 0.25) is 0 Å². The predicted molar refractivity (Wildman–Crippen MR) is 98.2 cm³/mol. The monoisotopic (exact) mass is 347 g/mol. The third-order valence-electron chi connectivity index (χ3n) is 4.95. The molecule has 1 aromatic rings. The second-order valence-electron chi connectivity index (χ2n) is 6.96. The molecule has 6 nitrogen and oxygen atoms in total. The van der Waals surface area contributed by atoms with Gasteiger partial charge in [0.25, 0.3) is 0 Å². The molecular formula is C19H29N3O3. The van der Waals surface area contributed by atoms with Crippen molar-refractivity contribution in [3.8, 4) is 5.75 Å². The minimum absolute atomic E-state index is 0.0106. The summed E-state index contributed by atoms with van der Waals surface area (Å²) < 4.78 is 11.0. The molecule has 1 atom stereocenters. The molecule has 2 aliphatic rings. The number of piperazine rings is 1. The lowest BCUT2D eigenvalue weighted by atomic mass is 10.2. The molecule has 1 unspecified atom stereocenters. The lowest BCUT2D eigenvalue weighted by Crippen LogP contribution is -2.50. The zero-order valence-electron chi connectivity index (χ0n) is 15.3. The molecule has 0 bridgehead atoms. The SMILES string of the molecule is COc1ccc(C)cc1NC(=O)CN1CCN(CC2CCCO2)CC1. The summed E-state index contributed by atoms with van der Waals surface area (Å²) in [5.74, 6) is 0.705. The third-order valence-corrected chi connectivity index (χ3v) is 4.95. The van der Waals surface area contributed by atoms with Gasteiger partial charge in [-0.25, -0.2) is 0 Å². The Hall–Kier alpha value is -1.63. The van der Waals surface area contributed by atoms with E-state index < -0.39 is 0 Å². The zero-order valence-corrected chi connectivity index (χ0v) is 15.3. The molecule has 0 aliphatic carbocycles. The average molecular weight is 347 g/mol. The van der Waals surface area contributed by atoms with E-state index in [2.05, 4.69) is 15.1 Å². The second kappa shape index (κ2) is 8.65. The van der Waals surface area contributed by atoms with Crippen molar-refractivity contribution in [2.45, 2.75) is 25.9 Å². The van der Waals surface area contributed by atoms with E-state index in [-0.39, 0.29) is 5.91 Å². The van der Waals surface area contributed by atoms with Gasteiger partial charge in [0.2, 0.25) is 5.91 Å². The standard InChI is InChI=1S/C19H29N3O3/c1-15-5-6-18(24-2)17(12-15)20-19(23)14-22-9-7-21(8-10-22)13-16-4-3-11-25-16/h5-6,12,16H,3-4,7-11,13-14H2,1-2H3,(H,20,23). The molecule has 0 saturated carbocycles. The van der Waals surface area contributed by atoms with Gasteiger partial charge in [0, 0.05) is 39.3 Å². The Labute approximate surface area is 150 Å². The summed E-state index contributed by atoms with van der Waals surface area (Å²) in [6, 6.07) is 5.80. The second-order valence-corrected chi connectivity index (χ2v) is 6.96. The summed E-state index contributed by atoms with van der Waals surface area (Å²) in [6.07, 6.45) is 2.78. The summed E-state index contributed by atoms with van der Waals surface area (Å²) in [7, 11) is 1.62. The van der Waals surface area contributed by atoms with Gasteiger partial charge in [0.1, 0.15) is 5.75 Å². The van der Waals surface area contributed by atoms with Crippen molar-refractivity contribution in [1.82, 2.24) is 9.80 Å². The van der Waals surface area contributed by atoms with Crippen molar-refractivity contribution in [2.75, 3.05) is 58.3 Å². The number of carbonyl (C=O) groups excluding carboxylic acids is 1. The lowest BCUT2D eigenvalue weighted by molar-refractivity contribution is -0.117. The number of carbonyl (C=O) groups is 1. The minimum atomic E-state index is 0.0106. The summed E-state index contributed by atoms with van der Waals surface area (Å²) in [5, 5.41) is 2.98. The predicted octanol–water partition coefficient (Wildman–Crippen LogP) is 1.74. The van der Waals surface area contributed by atoms with Crippen molar-refractivity contribution in [2.24, 2.45) is 0 Å². The maximum absolute atomic E-state index is 12.4. The van der Waals surface area contributed by atoms with Gasteiger partial charge in [-0.05, 0) is 37.5 Å². The number of nitrogens with one attached hydrogen (secondary N) is 1. The first kappa shape index (κ1) is 18.2. The number of nitrogens with zero attached hydrogens (tertiary/aromatic N) is 2. The van der Waals surface area contributed by atoms with Gasteiger partial charge in [-0.15, -0.1) is 0 Å². The molecule has 2 heterocycles. The summed E-state index contributed by atoms with van der Waals surface area (Å²) >= 11 is 0. The van der Waals surface area contributed by atoms with Crippen molar-refractivity contribution in [3.63, 3.8) is 0 Å². The molecular weight excluding hydrogens is 318 g/mol. The summed E-state index contributed by atoms with van der Waals surface area (Å²) in [4.78, 5) is 17.0. The van der Waals surface area contributed by atoms with Crippen LogP contribution in [0.4, 0.5) is 5.69 Å². The molecule has 3 rings (SSSR count). The van der Waals surface area contributed by atoms with Gasteiger partial charge in [-0.3, -0.25) is 14.6 Å². The van der Waals surface area contributed by atoms with Gasteiger partial charge in [0.15, 0.2) is 0 Å². The number of hydrogen-bond acceptors (Lipinski definition) is 5. The van der Waals surface area contributed by atoms with Crippen molar-refractivity contribution in [1.29, 1.82) is 0 Å². The molecule has 2 aliphatic heterocycles. The van der Waals surface area contributed by atoms with Crippen LogP contribution in [-0.2, 0) is 9.53 Å². The molecule has 2 fully saturated rings. The first-order valence-electron chi connectivity index (χ1n) is 9.15. The van der Waals surface area contributed by atoms with Crippen LogP contribution in [0.15, 0.2) is 18.2 Å². The Bertz CT molecular complexity index is 579. The molecule has 1 amide bonds. The number of rotatable bonds is 6. The topological polar surface area (TPSA) is 54.0 Å². The molecule has 0 spiro atoms. The number of aryl methyl sites for hydroxylation is 1. The van der Waals surface area contributed by atoms with Crippen LogP contribution >= 0.6 is 0 Å². The fraction of sp³-hybridized carbons (Fsp3) is 0.632. The number of ether oxygens (including phenoxy) is 2. The van der Waals surface area contributed by atoms with E-state index in [1.165, 1.54) is 12.8 Å². The fourth-order valence-corrected chi connectivity index (χ4v) is 3.52. The zero-order chi connectivity index (χ0) is 17.6. The van der Waals surface area contributed by atoms with Crippen LogP contribution in [0.25, 0.3) is 0 Å². The van der Waals surface area contributed by atoms with Crippen molar-refractivity contribution < 1.29 is 14.3 Å². The maximum atomic E-state index is 12.4. The average Bonchev–Trinajstić information content (AvgIpc) is 3.10. The van der Waals surface area contributed by atoms with E-state index in [9.17, 15) is 4.79 Å². The highest BCUT2D eigenvalue weighted by Crippen LogP contribution is 2.25. The highest BCUT2D eigenvalue weighted by Gasteiger charge is 2.23. The van der Waals surface area contributed by atoms with Crippen LogP contribution in [-0.4, -0.2) is 74.8 Å². The Balaban J connectivity index is 1.44. The number of amides is 1.